The molecular weight excluding hydrogens is 391 g/mol. The second kappa shape index (κ2) is 10.7. The van der Waals surface area contributed by atoms with Gasteiger partial charge in [-0.3, -0.25) is 4.90 Å². The van der Waals surface area contributed by atoms with E-state index in [0.717, 1.165) is 23.8 Å². The number of aliphatic hydroxyl groups is 1. The second-order valence-electron chi connectivity index (χ2n) is 6.47. The Morgan fingerprint density at radius 1 is 1.14 bits per heavy atom. The van der Waals surface area contributed by atoms with Crippen LogP contribution in [-0.4, -0.2) is 36.3 Å². The van der Waals surface area contributed by atoms with Gasteiger partial charge in [-0.25, -0.2) is 0 Å². The summed E-state index contributed by atoms with van der Waals surface area (Å²) in [4.78, 5) is 2.03. The molecule has 2 aromatic carbocycles. The van der Waals surface area contributed by atoms with Crippen molar-refractivity contribution in [1.29, 1.82) is 0 Å². The molecule has 0 aliphatic heterocycles. The molecule has 7 heteroatoms. The lowest BCUT2D eigenvalue weighted by Gasteiger charge is -2.22. The standard InChI is InChI=1S/C21H25ClF3NO2/c1-2-26(15-17-7-4-9-19(20(17)22)21(23,24)25)11-5-13-28-18-8-3-6-16(14-18)10-12-27/h3-4,6-9,14,27H,2,5,10-13,15H2,1H3. The molecule has 0 amide bonds. The molecule has 154 valence electrons. The molecule has 0 aliphatic rings. The van der Waals surface area contributed by atoms with Crippen LogP contribution in [0, 0.1) is 0 Å². The second-order valence-corrected chi connectivity index (χ2v) is 6.85. The summed E-state index contributed by atoms with van der Waals surface area (Å²) in [6.45, 7) is 4.27. The zero-order chi connectivity index (χ0) is 20.6. The maximum absolute atomic E-state index is 13.0. The number of aliphatic hydroxyl groups excluding tert-OH is 1. The number of hydrogen-bond acceptors (Lipinski definition) is 3. The van der Waals surface area contributed by atoms with Gasteiger partial charge in [0.15, 0.2) is 0 Å². The highest BCUT2D eigenvalue weighted by atomic mass is 35.5. The molecule has 0 radical (unpaired) electrons. The van der Waals surface area contributed by atoms with E-state index in [4.69, 9.17) is 21.4 Å². The minimum absolute atomic E-state index is 0.0903. The lowest BCUT2D eigenvalue weighted by atomic mass is 10.1. The predicted molar refractivity (Wildman–Crippen MR) is 105 cm³/mol. The first kappa shape index (κ1) is 22.5. The Labute approximate surface area is 168 Å². The monoisotopic (exact) mass is 415 g/mol. The van der Waals surface area contributed by atoms with Gasteiger partial charge in [-0.05, 0) is 48.7 Å². The fourth-order valence-electron chi connectivity index (χ4n) is 2.91. The summed E-state index contributed by atoms with van der Waals surface area (Å²) in [5.74, 6) is 0.745. The topological polar surface area (TPSA) is 32.7 Å². The van der Waals surface area contributed by atoms with Crippen molar-refractivity contribution in [2.75, 3.05) is 26.3 Å². The maximum Gasteiger partial charge on any atom is 0.417 e. The quantitative estimate of drug-likeness (QED) is 0.542. The molecule has 0 saturated heterocycles. The van der Waals surface area contributed by atoms with Gasteiger partial charge in [0.05, 0.1) is 17.2 Å². The Bertz CT molecular complexity index is 753. The van der Waals surface area contributed by atoms with Gasteiger partial charge in [-0.2, -0.15) is 13.2 Å². The lowest BCUT2D eigenvalue weighted by Crippen LogP contribution is -2.25. The van der Waals surface area contributed by atoms with Crippen molar-refractivity contribution in [2.24, 2.45) is 0 Å². The highest BCUT2D eigenvalue weighted by Gasteiger charge is 2.33. The predicted octanol–water partition coefficient (Wildman–Crippen LogP) is 5.18. The third kappa shape index (κ3) is 6.69. The Hall–Kier alpha value is -1.76. The van der Waals surface area contributed by atoms with E-state index in [0.29, 0.717) is 38.2 Å². The molecule has 2 rings (SSSR count). The molecule has 0 unspecified atom stereocenters. The molecule has 0 bridgehead atoms. The Morgan fingerprint density at radius 2 is 1.89 bits per heavy atom. The van der Waals surface area contributed by atoms with Gasteiger partial charge in [0.25, 0.3) is 0 Å². The summed E-state index contributed by atoms with van der Waals surface area (Å²) in [6, 6.07) is 11.6. The van der Waals surface area contributed by atoms with Crippen LogP contribution in [0.2, 0.25) is 5.02 Å². The summed E-state index contributed by atoms with van der Waals surface area (Å²) in [7, 11) is 0. The fraction of sp³-hybridized carbons (Fsp3) is 0.429. The first-order valence-corrected chi connectivity index (χ1v) is 9.62. The van der Waals surface area contributed by atoms with E-state index in [2.05, 4.69) is 0 Å². The van der Waals surface area contributed by atoms with Gasteiger partial charge in [0.1, 0.15) is 5.75 Å². The van der Waals surface area contributed by atoms with Crippen molar-refractivity contribution in [3.63, 3.8) is 0 Å². The molecule has 0 spiro atoms. The van der Waals surface area contributed by atoms with Crippen LogP contribution < -0.4 is 4.74 Å². The average molecular weight is 416 g/mol. The first-order valence-electron chi connectivity index (χ1n) is 9.24. The summed E-state index contributed by atoms with van der Waals surface area (Å²) in [6.07, 6.45) is -3.14. The minimum Gasteiger partial charge on any atom is -0.494 e. The van der Waals surface area contributed by atoms with Crippen molar-refractivity contribution >= 4 is 11.6 Å². The zero-order valence-electron chi connectivity index (χ0n) is 15.8. The highest BCUT2D eigenvalue weighted by Crippen LogP contribution is 2.36. The minimum atomic E-state index is -4.46. The van der Waals surface area contributed by atoms with E-state index < -0.39 is 11.7 Å². The van der Waals surface area contributed by atoms with E-state index in [-0.39, 0.29) is 11.6 Å². The van der Waals surface area contributed by atoms with E-state index in [1.807, 2.05) is 36.1 Å². The van der Waals surface area contributed by atoms with Crippen LogP contribution in [0.4, 0.5) is 13.2 Å². The molecule has 2 aromatic rings. The van der Waals surface area contributed by atoms with Crippen molar-refractivity contribution < 1.29 is 23.0 Å². The van der Waals surface area contributed by atoms with Crippen LogP contribution in [0.3, 0.4) is 0 Å². The molecular formula is C21H25ClF3NO2. The number of alkyl halides is 3. The number of halogens is 4. The SMILES string of the molecule is CCN(CCCOc1cccc(CCO)c1)Cc1cccc(C(F)(F)F)c1Cl. The van der Waals surface area contributed by atoms with Gasteiger partial charge in [-0.15, -0.1) is 0 Å². The molecule has 28 heavy (non-hydrogen) atoms. The Kier molecular flexibility index (Phi) is 8.60. The van der Waals surface area contributed by atoms with E-state index in [1.54, 1.807) is 6.07 Å². The maximum atomic E-state index is 13.0. The molecule has 0 atom stereocenters. The first-order chi connectivity index (χ1) is 13.3. The number of rotatable bonds is 10. The van der Waals surface area contributed by atoms with Crippen LogP contribution in [-0.2, 0) is 19.1 Å². The van der Waals surface area contributed by atoms with Gasteiger partial charge in [0.2, 0.25) is 0 Å². The van der Waals surface area contributed by atoms with Crippen molar-refractivity contribution in [3.8, 4) is 5.75 Å². The zero-order valence-corrected chi connectivity index (χ0v) is 16.6. The van der Waals surface area contributed by atoms with Crippen LogP contribution in [0.1, 0.15) is 30.0 Å². The van der Waals surface area contributed by atoms with Crippen molar-refractivity contribution in [1.82, 2.24) is 4.90 Å². The molecule has 1 N–H and O–H groups in total. The summed E-state index contributed by atoms with van der Waals surface area (Å²) in [5.41, 5.74) is 0.680. The average Bonchev–Trinajstić information content (AvgIpc) is 2.65. The van der Waals surface area contributed by atoms with Gasteiger partial charge < -0.3 is 9.84 Å². The van der Waals surface area contributed by atoms with Crippen LogP contribution >= 0.6 is 11.6 Å². The molecule has 0 fully saturated rings. The summed E-state index contributed by atoms with van der Waals surface area (Å²) < 4.78 is 44.8. The van der Waals surface area contributed by atoms with E-state index in [1.165, 1.54) is 6.07 Å². The largest absolute Gasteiger partial charge is 0.494 e. The molecule has 0 aliphatic carbocycles. The molecule has 0 heterocycles. The molecule has 0 aromatic heterocycles. The smallest absolute Gasteiger partial charge is 0.417 e. The van der Waals surface area contributed by atoms with Crippen LogP contribution in [0.15, 0.2) is 42.5 Å². The number of nitrogens with zero attached hydrogens (tertiary/aromatic N) is 1. The van der Waals surface area contributed by atoms with Crippen LogP contribution in [0.5, 0.6) is 5.75 Å². The van der Waals surface area contributed by atoms with E-state index >= 15 is 0 Å². The van der Waals surface area contributed by atoms with Crippen molar-refractivity contribution in [3.05, 3.63) is 64.2 Å². The highest BCUT2D eigenvalue weighted by molar-refractivity contribution is 6.32. The lowest BCUT2D eigenvalue weighted by molar-refractivity contribution is -0.137. The van der Waals surface area contributed by atoms with Gasteiger partial charge >= 0.3 is 6.18 Å². The number of hydrogen-bond donors (Lipinski definition) is 1. The van der Waals surface area contributed by atoms with Gasteiger partial charge in [0, 0.05) is 19.7 Å². The van der Waals surface area contributed by atoms with E-state index in [9.17, 15) is 13.2 Å². The molecule has 3 nitrogen and oxygen atoms in total. The Balaban J connectivity index is 1.87. The third-order valence-electron chi connectivity index (χ3n) is 4.41. The van der Waals surface area contributed by atoms with Gasteiger partial charge in [-0.1, -0.05) is 42.8 Å². The normalized spacial score (nSPS) is 11.8. The summed E-state index contributed by atoms with van der Waals surface area (Å²) >= 11 is 5.99. The number of benzene rings is 2. The Morgan fingerprint density at radius 3 is 2.57 bits per heavy atom. The fourth-order valence-corrected chi connectivity index (χ4v) is 3.20. The van der Waals surface area contributed by atoms with Crippen molar-refractivity contribution in [2.45, 2.75) is 32.5 Å². The number of ether oxygens (including phenoxy) is 1. The van der Waals surface area contributed by atoms with Crippen LogP contribution in [0.25, 0.3) is 0 Å². The third-order valence-corrected chi connectivity index (χ3v) is 4.86. The molecule has 0 saturated carbocycles. The summed E-state index contributed by atoms with van der Waals surface area (Å²) in [5, 5.41) is 8.77.